The van der Waals surface area contributed by atoms with Crippen LogP contribution >= 0.6 is 0 Å². The first-order valence-electron chi connectivity index (χ1n) is 6.13. The van der Waals surface area contributed by atoms with E-state index in [1.54, 1.807) is 6.07 Å². The van der Waals surface area contributed by atoms with Crippen molar-refractivity contribution in [3.05, 3.63) is 35.7 Å². The number of morpholine rings is 1. The van der Waals surface area contributed by atoms with Crippen molar-refractivity contribution in [3.8, 4) is 0 Å². The second kappa shape index (κ2) is 5.84. The Labute approximate surface area is 111 Å². The van der Waals surface area contributed by atoms with E-state index in [2.05, 4.69) is 0 Å². The molecule has 1 atom stereocenters. The van der Waals surface area contributed by atoms with Crippen LogP contribution in [0.15, 0.2) is 24.3 Å². The highest BCUT2D eigenvalue weighted by Crippen LogP contribution is 2.21. The molecule has 4 nitrogen and oxygen atoms in total. The Kier molecular flexibility index (Phi) is 4.16. The van der Waals surface area contributed by atoms with Crippen molar-refractivity contribution in [2.24, 2.45) is 0 Å². The summed E-state index contributed by atoms with van der Waals surface area (Å²) in [6.07, 6.45) is 2.49. The number of hydrogen-bond acceptors (Lipinski definition) is 3. The Balaban J connectivity index is 2.23. The lowest BCUT2D eigenvalue weighted by Gasteiger charge is -2.33. The molecule has 1 N–H and O–H groups in total. The zero-order valence-electron chi connectivity index (χ0n) is 10.7. The molecule has 0 amide bonds. The maximum Gasteiger partial charge on any atom is 0.328 e. The van der Waals surface area contributed by atoms with Gasteiger partial charge in [0.05, 0.1) is 12.7 Å². The van der Waals surface area contributed by atoms with Gasteiger partial charge >= 0.3 is 5.97 Å². The van der Waals surface area contributed by atoms with Crippen LogP contribution in [0.5, 0.6) is 0 Å². The number of carboxylic acids is 1. The fourth-order valence-electron chi connectivity index (χ4n) is 2.10. The van der Waals surface area contributed by atoms with Gasteiger partial charge in [-0.2, -0.15) is 0 Å². The molecular formula is C14H16FNO3. The number of halogens is 1. The monoisotopic (exact) mass is 265 g/mol. The zero-order chi connectivity index (χ0) is 13.8. The molecular weight excluding hydrogens is 249 g/mol. The highest BCUT2D eigenvalue weighted by atomic mass is 19.1. The van der Waals surface area contributed by atoms with E-state index in [-0.39, 0.29) is 11.9 Å². The number of rotatable bonds is 3. The van der Waals surface area contributed by atoms with E-state index in [9.17, 15) is 9.18 Å². The Hall–Kier alpha value is -1.88. The van der Waals surface area contributed by atoms with Crippen LogP contribution in [0.4, 0.5) is 10.1 Å². The fourth-order valence-corrected chi connectivity index (χ4v) is 2.10. The van der Waals surface area contributed by atoms with E-state index in [0.29, 0.717) is 25.3 Å². The molecule has 5 heteroatoms. The summed E-state index contributed by atoms with van der Waals surface area (Å²) in [5.74, 6) is -1.42. The highest BCUT2D eigenvalue weighted by Gasteiger charge is 2.17. The molecule has 0 aromatic heterocycles. The smallest absolute Gasteiger partial charge is 0.328 e. The molecule has 0 saturated carbocycles. The minimum absolute atomic E-state index is 0.107. The highest BCUT2D eigenvalue weighted by molar-refractivity contribution is 5.85. The van der Waals surface area contributed by atoms with Gasteiger partial charge in [-0.3, -0.25) is 0 Å². The van der Waals surface area contributed by atoms with Crippen LogP contribution in [0.2, 0.25) is 0 Å². The van der Waals surface area contributed by atoms with Gasteiger partial charge in [-0.1, -0.05) is 0 Å². The van der Waals surface area contributed by atoms with E-state index in [4.69, 9.17) is 9.84 Å². The van der Waals surface area contributed by atoms with Gasteiger partial charge in [0.25, 0.3) is 0 Å². The SMILES string of the molecule is CC1CN(c2cc(F)cc(/C=C/C(=O)O)c2)CCO1. The summed E-state index contributed by atoms with van der Waals surface area (Å²) in [6.45, 7) is 3.98. The van der Waals surface area contributed by atoms with Crippen molar-refractivity contribution in [3.63, 3.8) is 0 Å². The third kappa shape index (κ3) is 3.79. The van der Waals surface area contributed by atoms with E-state index >= 15 is 0 Å². The number of hydrogen-bond donors (Lipinski definition) is 1. The Bertz CT molecular complexity index is 501. The van der Waals surface area contributed by atoms with E-state index in [1.807, 2.05) is 11.8 Å². The van der Waals surface area contributed by atoms with E-state index in [1.165, 1.54) is 18.2 Å². The average Bonchev–Trinajstić information content (AvgIpc) is 2.36. The van der Waals surface area contributed by atoms with Gasteiger partial charge < -0.3 is 14.7 Å². The van der Waals surface area contributed by atoms with E-state index < -0.39 is 5.97 Å². The first kappa shape index (κ1) is 13.5. The molecule has 1 fully saturated rings. The van der Waals surface area contributed by atoms with Crippen LogP contribution in [-0.2, 0) is 9.53 Å². The van der Waals surface area contributed by atoms with Gasteiger partial charge in [0.2, 0.25) is 0 Å². The summed E-state index contributed by atoms with van der Waals surface area (Å²) in [5.41, 5.74) is 1.29. The molecule has 1 aromatic rings. The standard InChI is InChI=1S/C14H16FNO3/c1-10-9-16(4-5-19-10)13-7-11(2-3-14(17)18)6-12(15)8-13/h2-3,6-8,10H,4-5,9H2,1H3,(H,17,18)/b3-2+. The predicted molar refractivity (Wildman–Crippen MR) is 70.7 cm³/mol. The van der Waals surface area contributed by atoms with Crippen molar-refractivity contribution in [1.82, 2.24) is 0 Å². The summed E-state index contributed by atoms with van der Waals surface area (Å²) in [6, 6.07) is 4.55. The van der Waals surface area contributed by atoms with Gasteiger partial charge in [-0.05, 0) is 36.8 Å². The Morgan fingerprint density at radius 3 is 3.00 bits per heavy atom. The molecule has 1 saturated heterocycles. The molecule has 1 aliphatic rings. The lowest BCUT2D eigenvalue weighted by molar-refractivity contribution is -0.131. The van der Waals surface area contributed by atoms with Gasteiger partial charge in [0.15, 0.2) is 0 Å². The van der Waals surface area contributed by atoms with Crippen molar-refractivity contribution < 1.29 is 19.0 Å². The maximum absolute atomic E-state index is 13.6. The number of carbonyl (C=O) groups is 1. The molecule has 2 rings (SSSR count). The molecule has 0 radical (unpaired) electrons. The summed E-state index contributed by atoms with van der Waals surface area (Å²) in [7, 11) is 0. The van der Waals surface area contributed by atoms with Gasteiger partial charge in [-0.25, -0.2) is 9.18 Å². The van der Waals surface area contributed by atoms with Crippen molar-refractivity contribution >= 4 is 17.7 Å². The number of nitrogens with zero attached hydrogens (tertiary/aromatic N) is 1. The predicted octanol–water partition coefficient (Wildman–Crippen LogP) is 2.15. The molecule has 0 aliphatic carbocycles. The largest absolute Gasteiger partial charge is 0.478 e. The number of ether oxygens (including phenoxy) is 1. The van der Waals surface area contributed by atoms with Crippen molar-refractivity contribution in [2.45, 2.75) is 13.0 Å². The minimum Gasteiger partial charge on any atom is -0.478 e. The molecule has 1 unspecified atom stereocenters. The molecule has 0 bridgehead atoms. The average molecular weight is 265 g/mol. The molecule has 0 spiro atoms. The summed E-state index contributed by atoms with van der Waals surface area (Å²) >= 11 is 0. The van der Waals surface area contributed by atoms with Gasteiger partial charge in [-0.15, -0.1) is 0 Å². The third-order valence-corrected chi connectivity index (χ3v) is 2.93. The van der Waals surface area contributed by atoms with Gasteiger partial charge in [0.1, 0.15) is 5.82 Å². The van der Waals surface area contributed by atoms with E-state index in [0.717, 1.165) is 11.8 Å². The van der Waals surface area contributed by atoms with Crippen LogP contribution in [-0.4, -0.2) is 36.9 Å². The normalized spacial score (nSPS) is 19.9. The second-order valence-electron chi connectivity index (χ2n) is 4.54. The van der Waals surface area contributed by atoms with Crippen LogP contribution in [0, 0.1) is 5.82 Å². The van der Waals surface area contributed by atoms with Crippen molar-refractivity contribution in [2.75, 3.05) is 24.6 Å². The lowest BCUT2D eigenvalue weighted by atomic mass is 10.1. The quantitative estimate of drug-likeness (QED) is 0.851. The Morgan fingerprint density at radius 1 is 1.53 bits per heavy atom. The molecule has 19 heavy (non-hydrogen) atoms. The van der Waals surface area contributed by atoms with Crippen LogP contribution in [0.1, 0.15) is 12.5 Å². The third-order valence-electron chi connectivity index (χ3n) is 2.93. The van der Waals surface area contributed by atoms with Crippen LogP contribution in [0.25, 0.3) is 6.08 Å². The number of aliphatic carboxylic acids is 1. The Morgan fingerprint density at radius 2 is 2.32 bits per heavy atom. The molecule has 102 valence electrons. The number of anilines is 1. The lowest BCUT2D eigenvalue weighted by Crippen LogP contribution is -2.41. The first-order valence-corrected chi connectivity index (χ1v) is 6.13. The number of benzene rings is 1. The maximum atomic E-state index is 13.6. The van der Waals surface area contributed by atoms with Crippen LogP contribution < -0.4 is 4.90 Å². The number of carboxylic acid groups (broad SMARTS) is 1. The van der Waals surface area contributed by atoms with Gasteiger partial charge in [0, 0.05) is 24.9 Å². The molecule has 1 aromatic carbocycles. The summed E-state index contributed by atoms with van der Waals surface area (Å²) in [5, 5.41) is 8.59. The first-order chi connectivity index (χ1) is 9.04. The minimum atomic E-state index is -1.05. The molecule has 1 heterocycles. The van der Waals surface area contributed by atoms with Crippen LogP contribution in [0.3, 0.4) is 0 Å². The molecule has 1 aliphatic heterocycles. The summed E-state index contributed by atoms with van der Waals surface area (Å²) in [4.78, 5) is 12.5. The second-order valence-corrected chi connectivity index (χ2v) is 4.54. The fraction of sp³-hybridized carbons (Fsp3) is 0.357. The summed E-state index contributed by atoms with van der Waals surface area (Å²) < 4.78 is 19.0. The topological polar surface area (TPSA) is 49.8 Å². The zero-order valence-corrected chi connectivity index (χ0v) is 10.7. The van der Waals surface area contributed by atoms with Crippen molar-refractivity contribution in [1.29, 1.82) is 0 Å².